The molecule has 1 aliphatic carbocycles. The first-order valence-electron chi connectivity index (χ1n) is 7.51. The van der Waals surface area contributed by atoms with E-state index in [4.69, 9.17) is 0 Å². The quantitative estimate of drug-likeness (QED) is 0.905. The lowest BCUT2D eigenvalue weighted by atomic mass is 9.53. The minimum absolute atomic E-state index is 0.0203. The molecule has 0 amide bonds. The van der Waals surface area contributed by atoms with Crippen LogP contribution in [0.4, 0.5) is 0 Å². The van der Waals surface area contributed by atoms with Gasteiger partial charge >= 0.3 is 0 Å². The summed E-state index contributed by atoms with van der Waals surface area (Å²) in [6.07, 6.45) is 5.01. The van der Waals surface area contributed by atoms with E-state index in [0.29, 0.717) is 5.92 Å². The number of nitrogens with zero attached hydrogens (tertiary/aromatic N) is 2. The molecule has 2 unspecified atom stereocenters. The molecule has 0 radical (unpaired) electrons. The van der Waals surface area contributed by atoms with Gasteiger partial charge in [0, 0.05) is 11.6 Å². The number of hydrogen-bond acceptors (Lipinski definition) is 2. The van der Waals surface area contributed by atoms with Gasteiger partial charge in [-0.25, -0.2) is 0 Å². The van der Waals surface area contributed by atoms with E-state index in [1.54, 1.807) is 0 Å². The maximum atomic E-state index is 10.2. The van der Waals surface area contributed by atoms with Crippen molar-refractivity contribution in [2.24, 2.45) is 5.41 Å². The van der Waals surface area contributed by atoms with Crippen molar-refractivity contribution >= 4 is 0 Å². The Kier molecular flexibility index (Phi) is 3.54. The van der Waals surface area contributed by atoms with Crippen LogP contribution in [0.2, 0.25) is 0 Å². The molecular formula is C16H28N2O. The van der Waals surface area contributed by atoms with Gasteiger partial charge in [-0.05, 0) is 58.4 Å². The Hall–Kier alpha value is -0.830. The molecule has 1 N–H and O–H groups in total. The van der Waals surface area contributed by atoms with E-state index in [-0.39, 0.29) is 17.1 Å². The number of aliphatic hydroxyl groups excluding tert-OH is 1. The van der Waals surface area contributed by atoms with Crippen molar-refractivity contribution in [2.75, 3.05) is 0 Å². The van der Waals surface area contributed by atoms with Crippen LogP contribution in [0.3, 0.4) is 0 Å². The zero-order chi connectivity index (χ0) is 14.4. The highest BCUT2D eigenvalue weighted by molar-refractivity contribution is 5.29. The predicted molar refractivity (Wildman–Crippen MR) is 78.3 cm³/mol. The summed E-state index contributed by atoms with van der Waals surface area (Å²) in [5.74, 6) is 0.466. The Balaban J connectivity index is 2.36. The van der Waals surface area contributed by atoms with Gasteiger partial charge in [0.25, 0.3) is 0 Å². The van der Waals surface area contributed by atoms with Gasteiger partial charge in [-0.1, -0.05) is 13.8 Å². The molecular weight excluding hydrogens is 236 g/mol. The topological polar surface area (TPSA) is 38.0 Å². The summed E-state index contributed by atoms with van der Waals surface area (Å²) in [6.45, 7) is 13.0. The molecule has 2 rings (SSSR count). The summed E-state index contributed by atoms with van der Waals surface area (Å²) in [4.78, 5) is 0. The number of aliphatic hydroxyl groups is 1. The van der Waals surface area contributed by atoms with Gasteiger partial charge in [-0.15, -0.1) is 0 Å². The third kappa shape index (κ3) is 2.12. The van der Waals surface area contributed by atoms with Crippen LogP contribution in [-0.2, 0) is 5.54 Å². The van der Waals surface area contributed by atoms with Crippen LogP contribution in [-0.4, -0.2) is 21.0 Å². The number of aryl methyl sites for hydroxylation is 1. The van der Waals surface area contributed by atoms with Crippen LogP contribution in [0, 0.1) is 12.3 Å². The van der Waals surface area contributed by atoms with Crippen LogP contribution in [0.1, 0.15) is 71.1 Å². The van der Waals surface area contributed by atoms with Crippen molar-refractivity contribution in [3.63, 3.8) is 0 Å². The van der Waals surface area contributed by atoms with Gasteiger partial charge in [0.2, 0.25) is 0 Å². The highest BCUT2D eigenvalue weighted by Crippen LogP contribution is 2.57. The second-order valence-corrected chi connectivity index (χ2v) is 7.03. The summed E-state index contributed by atoms with van der Waals surface area (Å²) in [7, 11) is 0. The van der Waals surface area contributed by atoms with Gasteiger partial charge < -0.3 is 5.11 Å². The summed E-state index contributed by atoms with van der Waals surface area (Å²) < 4.78 is 2.07. The molecule has 1 aromatic heterocycles. The fraction of sp³-hybridized carbons (Fsp3) is 0.812. The molecule has 3 nitrogen and oxygen atoms in total. The molecule has 0 aromatic carbocycles. The molecule has 19 heavy (non-hydrogen) atoms. The summed E-state index contributed by atoms with van der Waals surface area (Å²) in [5, 5.41) is 14.9. The maximum absolute atomic E-state index is 10.2. The second-order valence-electron chi connectivity index (χ2n) is 7.03. The molecule has 1 aliphatic rings. The van der Waals surface area contributed by atoms with Gasteiger partial charge in [-0.3, -0.25) is 4.68 Å². The monoisotopic (exact) mass is 264 g/mol. The number of rotatable bonds is 3. The highest BCUT2D eigenvalue weighted by Gasteiger charge is 2.53. The summed E-state index contributed by atoms with van der Waals surface area (Å²) in [6, 6.07) is 0. The maximum Gasteiger partial charge on any atom is 0.0628 e. The first-order valence-corrected chi connectivity index (χ1v) is 7.51. The van der Waals surface area contributed by atoms with Crippen LogP contribution in [0.25, 0.3) is 0 Å². The molecule has 2 atom stereocenters. The molecule has 0 aliphatic heterocycles. The van der Waals surface area contributed by atoms with E-state index in [9.17, 15) is 5.11 Å². The first-order chi connectivity index (χ1) is 8.76. The molecule has 0 spiro atoms. The second kappa shape index (κ2) is 4.62. The molecule has 1 heterocycles. The summed E-state index contributed by atoms with van der Waals surface area (Å²) in [5.41, 5.74) is 2.55. The van der Waals surface area contributed by atoms with Gasteiger partial charge in [-0.2, -0.15) is 5.10 Å². The van der Waals surface area contributed by atoms with Crippen molar-refractivity contribution < 1.29 is 5.11 Å². The van der Waals surface area contributed by atoms with E-state index >= 15 is 0 Å². The van der Waals surface area contributed by atoms with E-state index in [2.05, 4.69) is 57.5 Å². The first kappa shape index (κ1) is 14.6. The molecule has 0 saturated heterocycles. The Bertz CT molecular complexity index is 452. The fourth-order valence-electron chi connectivity index (χ4n) is 3.57. The molecule has 1 fully saturated rings. The van der Waals surface area contributed by atoms with E-state index < -0.39 is 0 Å². The third-order valence-electron chi connectivity index (χ3n) is 5.13. The van der Waals surface area contributed by atoms with Crippen molar-refractivity contribution in [3.8, 4) is 0 Å². The summed E-state index contributed by atoms with van der Waals surface area (Å²) >= 11 is 0. The Labute approximate surface area is 117 Å². The predicted octanol–water partition coefficient (Wildman–Crippen LogP) is 3.60. The smallest absolute Gasteiger partial charge is 0.0628 e. The van der Waals surface area contributed by atoms with Crippen LogP contribution in [0.5, 0.6) is 0 Å². The average molecular weight is 264 g/mol. The van der Waals surface area contributed by atoms with Gasteiger partial charge in [0.15, 0.2) is 0 Å². The largest absolute Gasteiger partial charge is 0.393 e. The van der Waals surface area contributed by atoms with Crippen molar-refractivity contribution in [3.05, 3.63) is 17.5 Å². The van der Waals surface area contributed by atoms with Crippen LogP contribution < -0.4 is 0 Å². The Morgan fingerprint density at radius 3 is 2.32 bits per heavy atom. The number of aromatic nitrogens is 2. The minimum atomic E-state index is -0.148. The average Bonchev–Trinajstić information content (AvgIpc) is 2.69. The van der Waals surface area contributed by atoms with Crippen LogP contribution >= 0.6 is 0 Å². The zero-order valence-corrected chi connectivity index (χ0v) is 13.2. The van der Waals surface area contributed by atoms with E-state index in [1.165, 1.54) is 5.56 Å². The van der Waals surface area contributed by atoms with E-state index in [0.717, 1.165) is 25.0 Å². The van der Waals surface area contributed by atoms with Crippen molar-refractivity contribution in [2.45, 2.75) is 78.4 Å². The highest BCUT2D eigenvalue weighted by atomic mass is 16.3. The van der Waals surface area contributed by atoms with Crippen LogP contribution in [0.15, 0.2) is 6.20 Å². The molecule has 3 heteroatoms. The standard InChI is InChI=1S/C16H28N2O/c1-7-16(8-2)13(9-14(16)19)12-10-18(15(4,5)6)17-11(12)3/h10,13-14,19H,7-9H2,1-6H3. The Morgan fingerprint density at radius 1 is 1.37 bits per heavy atom. The Morgan fingerprint density at radius 2 is 1.95 bits per heavy atom. The number of hydrogen-bond donors (Lipinski definition) is 1. The van der Waals surface area contributed by atoms with E-state index in [1.807, 2.05) is 0 Å². The SMILES string of the molecule is CCC1(CC)C(O)CC1c1cn(C(C)(C)C)nc1C. The van der Waals surface area contributed by atoms with Gasteiger partial charge in [0.05, 0.1) is 17.3 Å². The fourth-order valence-corrected chi connectivity index (χ4v) is 3.57. The molecule has 108 valence electrons. The minimum Gasteiger partial charge on any atom is -0.393 e. The molecule has 1 saturated carbocycles. The molecule has 0 bridgehead atoms. The molecule has 1 aromatic rings. The zero-order valence-electron chi connectivity index (χ0n) is 13.2. The van der Waals surface area contributed by atoms with Crippen molar-refractivity contribution in [1.29, 1.82) is 0 Å². The lowest BCUT2D eigenvalue weighted by Gasteiger charge is -2.53. The normalized spacial score (nSPS) is 26.3. The lowest BCUT2D eigenvalue weighted by molar-refractivity contribution is -0.0934. The van der Waals surface area contributed by atoms with Crippen molar-refractivity contribution in [1.82, 2.24) is 9.78 Å². The lowest BCUT2D eigenvalue weighted by Crippen LogP contribution is -2.51. The van der Waals surface area contributed by atoms with Gasteiger partial charge in [0.1, 0.15) is 0 Å². The third-order valence-corrected chi connectivity index (χ3v) is 5.13.